The molecular weight excluding hydrogens is 430 g/mol. The van der Waals surface area contributed by atoms with Crippen molar-refractivity contribution in [3.8, 4) is 11.5 Å². The fourth-order valence-corrected chi connectivity index (χ4v) is 3.02. The molecule has 27 heavy (non-hydrogen) atoms. The van der Waals surface area contributed by atoms with E-state index in [9.17, 15) is 4.79 Å². The average Bonchev–Trinajstić information content (AvgIpc) is 2.68. The molecule has 0 radical (unpaired) electrons. The number of halogens is 2. The van der Waals surface area contributed by atoms with Crippen molar-refractivity contribution in [3.05, 3.63) is 87.9 Å². The molecule has 0 aliphatic carbocycles. The van der Waals surface area contributed by atoms with E-state index in [2.05, 4.69) is 21.2 Å². The molecule has 4 nitrogen and oxygen atoms in total. The first-order chi connectivity index (χ1) is 13.1. The number of para-hydroxylation sites is 2. The Bertz CT molecular complexity index is 918. The third kappa shape index (κ3) is 5.49. The highest BCUT2D eigenvalue weighted by molar-refractivity contribution is 9.10. The minimum Gasteiger partial charge on any atom is -0.490 e. The van der Waals surface area contributed by atoms with Gasteiger partial charge < -0.3 is 14.8 Å². The standard InChI is InChI=1S/C21H17BrClNO3/c22-17-14-15(21(25)24-19-9-5-4-8-18(19)23)10-11-20(17)27-13-12-26-16-6-2-1-3-7-16/h1-11,14H,12-13H2,(H,24,25). The van der Waals surface area contributed by atoms with Crippen LogP contribution in [0.15, 0.2) is 77.3 Å². The number of hydrogen-bond donors (Lipinski definition) is 1. The molecule has 0 saturated heterocycles. The fraction of sp³-hybridized carbons (Fsp3) is 0.0952. The first kappa shape index (κ1) is 19.3. The van der Waals surface area contributed by atoms with Gasteiger partial charge in [0.2, 0.25) is 0 Å². The van der Waals surface area contributed by atoms with Gasteiger partial charge in [-0.1, -0.05) is 41.9 Å². The number of amides is 1. The maximum absolute atomic E-state index is 12.4. The zero-order chi connectivity index (χ0) is 19.1. The van der Waals surface area contributed by atoms with Crippen molar-refractivity contribution in [2.75, 3.05) is 18.5 Å². The van der Waals surface area contributed by atoms with E-state index in [1.54, 1.807) is 30.3 Å². The number of carbonyl (C=O) groups excluding carboxylic acids is 1. The van der Waals surface area contributed by atoms with Gasteiger partial charge >= 0.3 is 0 Å². The molecule has 6 heteroatoms. The summed E-state index contributed by atoms with van der Waals surface area (Å²) in [5.41, 5.74) is 1.06. The van der Waals surface area contributed by atoms with Gasteiger partial charge in [0.15, 0.2) is 0 Å². The van der Waals surface area contributed by atoms with E-state index in [-0.39, 0.29) is 5.91 Å². The van der Waals surface area contributed by atoms with Crippen LogP contribution < -0.4 is 14.8 Å². The minimum atomic E-state index is -0.247. The molecule has 1 amide bonds. The molecule has 0 spiro atoms. The van der Waals surface area contributed by atoms with Crippen LogP contribution in [0.3, 0.4) is 0 Å². The Morgan fingerprint density at radius 3 is 2.37 bits per heavy atom. The van der Waals surface area contributed by atoms with Gasteiger partial charge in [-0.3, -0.25) is 4.79 Å². The molecule has 0 aromatic heterocycles. The monoisotopic (exact) mass is 445 g/mol. The summed E-state index contributed by atoms with van der Waals surface area (Å²) in [6.07, 6.45) is 0. The highest BCUT2D eigenvalue weighted by Gasteiger charge is 2.11. The third-order valence-electron chi connectivity index (χ3n) is 3.67. The van der Waals surface area contributed by atoms with E-state index in [4.69, 9.17) is 21.1 Å². The van der Waals surface area contributed by atoms with Crippen molar-refractivity contribution in [1.29, 1.82) is 0 Å². The lowest BCUT2D eigenvalue weighted by molar-refractivity contribution is 0.102. The second-order valence-electron chi connectivity index (χ2n) is 5.59. The predicted molar refractivity (Wildman–Crippen MR) is 111 cm³/mol. The number of ether oxygens (including phenoxy) is 2. The second-order valence-corrected chi connectivity index (χ2v) is 6.85. The van der Waals surface area contributed by atoms with E-state index in [0.29, 0.717) is 39.7 Å². The van der Waals surface area contributed by atoms with Crippen LogP contribution in [0.25, 0.3) is 0 Å². The number of hydrogen-bond acceptors (Lipinski definition) is 3. The van der Waals surface area contributed by atoms with Gasteiger partial charge in [-0.25, -0.2) is 0 Å². The number of carbonyl (C=O) groups is 1. The smallest absolute Gasteiger partial charge is 0.255 e. The summed E-state index contributed by atoms with van der Waals surface area (Å²) in [5.74, 6) is 1.19. The summed E-state index contributed by atoms with van der Waals surface area (Å²) in [4.78, 5) is 12.4. The maximum atomic E-state index is 12.4. The molecule has 0 aliphatic rings. The Kier molecular flexibility index (Phi) is 6.74. The van der Waals surface area contributed by atoms with E-state index in [0.717, 1.165) is 5.75 Å². The van der Waals surface area contributed by atoms with Crippen molar-refractivity contribution in [2.24, 2.45) is 0 Å². The molecule has 0 aliphatic heterocycles. The quantitative estimate of drug-likeness (QED) is 0.466. The number of benzene rings is 3. The summed E-state index contributed by atoms with van der Waals surface area (Å²) < 4.78 is 12.0. The van der Waals surface area contributed by atoms with Crippen molar-refractivity contribution >= 4 is 39.1 Å². The first-order valence-electron chi connectivity index (χ1n) is 8.29. The Morgan fingerprint density at radius 2 is 1.63 bits per heavy atom. The van der Waals surface area contributed by atoms with E-state index < -0.39 is 0 Å². The van der Waals surface area contributed by atoms with Gasteiger partial charge in [0, 0.05) is 5.56 Å². The summed E-state index contributed by atoms with van der Waals surface area (Å²) in [5, 5.41) is 3.28. The topological polar surface area (TPSA) is 47.6 Å². The zero-order valence-corrected chi connectivity index (χ0v) is 16.7. The highest BCUT2D eigenvalue weighted by atomic mass is 79.9. The average molecular weight is 447 g/mol. The second kappa shape index (κ2) is 9.44. The fourth-order valence-electron chi connectivity index (χ4n) is 2.34. The summed E-state index contributed by atoms with van der Waals surface area (Å²) >= 11 is 9.51. The van der Waals surface area contributed by atoms with Gasteiger partial charge in [0.05, 0.1) is 15.2 Å². The molecule has 3 rings (SSSR count). The van der Waals surface area contributed by atoms with Crippen molar-refractivity contribution in [3.63, 3.8) is 0 Å². The van der Waals surface area contributed by atoms with Gasteiger partial charge in [-0.05, 0) is 58.4 Å². The number of anilines is 1. The molecule has 0 saturated carbocycles. The summed E-state index contributed by atoms with van der Waals surface area (Å²) in [6.45, 7) is 0.809. The molecule has 0 fully saturated rings. The SMILES string of the molecule is O=C(Nc1ccccc1Cl)c1ccc(OCCOc2ccccc2)c(Br)c1. The Morgan fingerprint density at radius 1 is 0.926 bits per heavy atom. The van der Waals surface area contributed by atoms with Gasteiger partial charge in [0.1, 0.15) is 24.7 Å². The van der Waals surface area contributed by atoms with Crippen LogP contribution in [0.5, 0.6) is 11.5 Å². The van der Waals surface area contributed by atoms with Crippen LogP contribution in [-0.4, -0.2) is 19.1 Å². The van der Waals surface area contributed by atoms with Gasteiger partial charge in [-0.2, -0.15) is 0 Å². The lowest BCUT2D eigenvalue weighted by atomic mass is 10.2. The van der Waals surface area contributed by atoms with Crippen LogP contribution in [0.4, 0.5) is 5.69 Å². The number of rotatable bonds is 7. The van der Waals surface area contributed by atoms with Crippen LogP contribution in [0, 0.1) is 0 Å². The van der Waals surface area contributed by atoms with Crippen LogP contribution in [0.1, 0.15) is 10.4 Å². The van der Waals surface area contributed by atoms with Crippen molar-refractivity contribution in [1.82, 2.24) is 0 Å². The van der Waals surface area contributed by atoms with Gasteiger partial charge in [0.25, 0.3) is 5.91 Å². The normalized spacial score (nSPS) is 10.3. The van der Waals surface area contributed by atoms with E-state index >= 15 is 0 Å². The Balaban J connectivity index is 1.55. The molecule has 0 atom stereocenters. The van der Waals surface area contributed by atoms with Gasteiger partial charge in [-0.15, -0.1) is 0 Å². The van der Waals surface area contributed by atoms with Crippen molar-refractivity contribution in [2.45, 2.75) is 0 Å². The van der Waals surface area contributed by atoms with Crippen molar-refractivity contribution < 1.29 is 14.3 Å². The third-order valence-corrected chi connectivity index (χ3v) is 4.62. The molecule has 1 N–H and O–H groups in total. The van der Waals surface area contributed by atoms with Crippen LogP contribution in [0.2, 0.25) is 5.02 Å². The lowest BCUT2D eigenvalue weighted by Crippen LogP contribution is -2.13. The Hall–Kier alpha value is -2.50. The molecular formula is C21H17BrClNO3. The molecule has 138 valence electrons. The largest absolute Gasteiger partial charge is 0.490 e. The molecule has 0 heterocycles. The lowest BCUT2D eigenvalue weighted by Gasteiger charge is -2.11. The van der Waals surface area contributed by atoms with Crippen LogP contribution >= 0.6 is 27.5 Å². The molecule has 3 aromatic rings. The summed E-state index contributed by atoms with van der Waals surface area (Å²) in [6, 6.07) is 21.8. The molecule has 0 unspecified atom stereocenters. The van der Waals surface area contributed by atoms with E-state index in [1.807, 2.05) is 42.5 Å². The number of nitrogens with one attached hydrogen (secondary N) is 1. The minimum absolute atomic E-state index is 0.247. The highest BCUT2D eigenvalue weighted by Crippen LogP contribution is 2.27. The molecule has 0 bridgehead atoms. The maximum Gasteiger partial charge on any atom is 0.255 e. The predicted octanol–water partition coefficient (Wildman–Crippen LogP) is 5.81. The molecule has 3 aromatic carbocycles. The Labute approximate surface area is 171 Å². The first-order valence-corrected chi connectivity index (χ1v) is 9.46. The summed E-state index contributed by atoms with van der Waals surface area (Å²) in [7, 11) is 0. The zero-order valence-electron chi connectivity index (χ0n) is 14.3. The van der Waals surface area contributed by atoms with E-state index in [1.165, 1.54) is 0 Å². The van der Waals surface area contributed by atoms with Crippen LogP contribution in [-0.2, 0) is 0 Å².